The maximum atomic E-state index is 9.83. The minimum atomic E-state index is -0.848. The zero-order valence-electron chi connectivity index (χ0n) is 7.90. The van der Waals surface area contributed by atoms with Gasteiger partial charge in [0.05, 0.1) is 0 Å². The predicted molar refractivity (Wildman–Crippen MR) is 64.4 cm³/mol. The molecule has 1 atom stereocenters. The lowest BCUT2D eigenvalue weighted by molar-refractivity contribution is 0.194. The van der Waals surface area contributed by atoms with Crippen molar-refractivity contribution in [1.82, 2.24) is 0 Å². The van der Waals surface area contributed by atoms with Crippen LogP contribution in [0.15, 0.2) is 42.5 Å². The lowest BCUT2D eigenvalue weighted by atomic mass is 10.0. The topological polar surface area (TPSA) is 20.2 Å². The standard InChI is InChI=1S/C12H10Cl2O/c13-12(14)11(15)10-7-3-5-8-4-1-2-6-9(8)10/h1-7,11-12,15H. The van der Waals surface area contributed by atoms with Crippen molar-refractivity contribution < 1.29 is 5.11 Å². The van der Waals surface area contributed by atoms with Crippen molar-refractivity contribution in [2.75, 3.05) is 0 Å². The van der Waals surface area contributed by atoms with E-state index < -0.39 is 10.9 Å². The Labute approximate surface area is 98.2 Å². The SMILES string of the molecule is OC(c1cccc2ccccc12)C(Cl)Cl. The van der Waals surface area contributed by atoms with Crippen molar-refractivity contribution in [3.8, 4) is 0 Å². The van der Waals surface area contributed by atoms with Gasteiger partial charge in [-0.25, -0.2) is 0 Å². The minimum Gasteiger partial charge on any atom is -0.386 e. The number of rotatable bonds is 2. The summed E-state index contributed by atoms with van der Waals surface area (Å²) in [6, 6.07) is 13.5. The molecule has 0 radical (unpaired) electrons. The molecule has 2 rings (SSSR count). The lowest BCUT2D eigenvalue weighted by Crippen LogP contribution is -2.06. The number of halogens is 2. The number of alkyl halides is 2. The lowest BCUT2D eigenvalue weighted by Gasteiger charge is -2.14. The quantitative estimate of drug-likeness (QED) is 0.795. The predicted octanol–water partition coefficient (Wildman–Crippen LogP) is 3.68. The molecule has 0 aliphatic heterocycles. The number of fused-ring (bicyclic) bond motifs is 1. The van der Waals surface area contributed by atoms with E-state index in [-0.39, 0.29) is 0 Å². The maximum absolute atomic E-state index is 9.83. The number of hydrogen-bond acceptors (Lipinski definition) is 1. The summed E-state index contributed by atoms with van der Waals surface area (Å²) in [6.45, 7) is 0. The fraction of sp³-hybridized carbons (Fsp3) is 0.167. The van der Waals surface area contributed by atoms with Gasteiger partial charge >= 0.3 is 0 Å². The maximum Gasteiger partial charge on any atom is 0.137 e. The summed E-state index contributed by atoms with van der Waals surface area (Å²) in [5, 5.41) is 11.9. The second-order valence-corrected chi connectivity index (χ2v) is 4.51. The van der Waals surface area contributed by atoms with E-state index in [4.69, 9.17) is 23.2 Å². The Morgan fingerprint density at radius 3 is 2.33 bits per heavy atom. The van der Waals surface area contributed by atoms with E-state index in [1.165, 1.54) is 0 Å². The fourth-order valence-electron chi connectivity index (χ4n) is 1.64. The van der Waals surface area contributed by atoms with E-state index in [2.05, 4.69) is 0 Å². The Kier molecular flexibility index (Phi) is 3.15. The van der Waals surface area contributed by atoms with Crippen LogP contribution in [0.5, 0.6) is 0 Å². The van der Waals surface area contributed by atoms with Gasteiger partial charge in [-0.1, -0.05) is 42.5 Å². The molecule has 3 heteroatoms. The van der Waals surface area contributed by atoms with Crippen molar-refractivity contribution in [2.24, 2.45) is 0 Å². The molecule has 0 aliphatic rings. The van der Waals surface area contributed by atoms with Gasteiger partial charge in [-0.05, 0) is 16.3 Å². The van der Waals surface area contributed by atoms with Gasteiger partial charge in [-0.2, -0.15) is 0 Å². The number of benzene rings is 2. The minimum absolute atomic E-state index is 0.767. The van der Waals surface area contributed by atoms with Crippen LogP contribution in [-0.2, 0) is 0 Å². The smallest absolute Gasteiger partial charge is 0.137 e. The normalized spacial score (nSPS) is 13.3. The highest BCUT2D eigenvalue weighted by Crippen LogP contribution is 2.29. The summed E-state index contributed by atoms with van der Waals surface area (Å²) < 4.78 is 0. The van der Waals surface area contributed by atoms with Crippen LogP contribution in [0.4, 0.5) is 0 Å². The zero-order valence-corrected chi connectivity index (χ0v) is 9.41. The average Bonchev–Trinajstić information content (AvgIpc) is 2.27. The van der Waals surface area contributed by atoms with E-state index in [0.29, 0.717) is 0 Å². The fourth-order valence-corrected chi connectivity index (χ4v) is 1.92. The summed E-state index contributed by atoms with van der Waals surface area (Å²) in [6.07, 6.45) is -0.848. The molecule has 0 bridgehead atoms. The molecule has 0 aromatic heterocycles. The molecule has 2 aromatic carbocycles. The molecule has 0 saturated carbocycles. The molecule has 0 aliphatic carbocycles. The van der Waals surface area contributed by atoms with Gasteiger partial charge in [-0.15, -0.1) is 23.2 Å². The van der Waals surface area contributed by atoms with E-state index in [1.54, 1.807) is 0 Å². The summed E-state index contributed by atoms with van der Waals surface area (Å²) in [7, 11) is 0. The van der Waals surface area contributed by atoms with Gasteiger partial charge in [0.1, 0.15) is 10.9 Å². The molecule has 1 N–H and O–H groups in total. The van der Waals surface area contributed by atoms with E-state index in [9.17, 15) is 5.11 Å². The van der Waals surface area contributed by atoms with E-state index in [1.807, 2.05) is 42.5 Å². The monoisotopic (exact) mass is 240 g/mol. The highest BCUT2D eigenvalue weighted by atomic mass is 35.5. The summed E-state index contributed by atoms with van der Waals surface area (Å²) in [4.78, 5) is -0.809. The Balaban J connectivity index is 2.60. The van der Waals surface area contributed by atoms with Crippen LogP contribution in [0.25, 0.3) is 10.8 Å². The third-order valence-electron chi connectivity index (χ3n) is 2.38. The van der Waals surface area contributed by atoms with Crippen LogP contribution in [0, 0.1) is 0 Å². The molecule has 15 heavy (non-hydrogen) atoms. The zero-order chi connectivity index (χ0) is 10.8. The molecule has 0 fully saturated rings. The van der Waals surface area contributed by atoms with Crippen LogP contribution >= 0.6 is 23.2 Å². The van der Waals surface area contributed by atoms with Gasteiger partial charge in [0.15, 0.2) is 0 Å². The first-order valence-electron chi connectivity index (χ1n) is 4.64. The van der Waals surface area contributed by atoms with Crippen LogP contribution < -0.4 is 0 Å². The van der Waals surface area contributed by atoms with Crippen molar-refractivity contribution in [3.05, 3.63) is 48.0 Å². The molecule has 0 spiro atoms. The summed E-state index contributed by atoms with van der Waals surface area (Å²) in [5.41, 5.74) is 0.767. The Morgan fingerprint density at radius 2 is 1.60 bits per heavy atom. The first-order chi connectivity index (χ1) is 7.20. The molecule has 1 unspecified atom stereocenters. The number of aliphatic hydroxyl groups excluding tert-OH is 1. The van der Waals surface area contributed by atoms with Crippen molar-refractivity contribution >= 4 is 34.0 Å². The van der Waals surface area contributed by atoms with Crippen molar-refractivity contribution in [2.45, 2.75) is 10.9 Å². The summed E-state index contributed by atoms with van der Waals surface area (Å²) in [5.74, 6) is 0. The molecule has 0 heterocycles. The van der Waals surface area contributed by atoms with Crippen LogP contribution in [0.2, 0.25) is 0 Å². The Bertz CT molecular complexity index is 463. The molecular formula is C12H10Cl2O. The van der Waals surface area contributed by atoms with Gasteiger partial charge in [0.2, 0.25) is 0 Å². The third-order valence-corrected chi connectivity index (χ3v) is 2.86. The van der Waals surface area contributed by atoms with E-state index >= 15 is 0 Å². The van der Waals surface area contributed by atoms with Crippen LogP contribution in [0.3, 0.4) is 0 Å². The first kappa shape index (κ1) is 10.7. The van der Waals surface area contributed by atoms with Gasteiger partial charge < -0.3 is 5.11 Å². The highest BCUT2D eigenvalue weighted by molar-refractivity contribution is 6.44. The van der Waals surface area contributed by atoms with Gasteiger partial charge in [0, 0.05) is 0 Å². The largest absolute Gasteiger partial charge is 0.386 e. The summed E-state index contributed by atoms with van der Waals surface area (Å²) >= 11 is 11.4. The molecule has 2 aromatic rings. The molecule has 78 valence electrons. The van der Waals surface area contributed by atoms with Crippen molar-refractivity contribution in [1.29, 1.82) is 0 Å². The first-order valence-corrected chi connectivity index (χ1v) is 5.51. The Morgan fingerprint density at radius 1 is 0.933 bits per heavy atom. The van der Waals surface area contributed by atoms with Crippen LogP contribution in [-0.4, -0.2) is 9.94 Å². The average molecular weight is 241 g/mol. The van der Waals surface area contributed by atoms with Crippen LogP contribution in [0.1, 0.15) is 11.7 Å². The Hall–Kier alpha value is -0.760. The second-order valence-electron chi connectivity index (χ2n) is 3.35. The second kappa shape index (κ2) is 4.40. The third kappa shape index (κ3) is 2.10. The van der Waals surface area contributed by atoms with E-state index in [0.717, 1.165) is 16.3 Å². The molecule has 0 saturated heterocycles. The molecule has 1 nitrogen and oxygen atoms in total. The highest BCUT2D eigenvalue weighted by Gasteiger charge is 2.17. The number of aliphatic hydroxyl groups is 1. The van der Waals surface area contributed by atoms with Gasteiger partial charge in [0.25, 0.3) is 0 Å². The molecule has 0 amide bonds. The van der Waals surface area contributed by atoms with Gasteiger partial charge in [-0.3, -0.25) is 0 Å². The van der Waals surface area contributed by atoms with Crippen molar-refractivity contribution in [3.63, 3.8) is 0 Å². The number of hydrogen-bond donors (Lipinski definition) is 1. The molecular weight excluding hydrogens is 231 g/mol.